The Morgan fingerprint density at radius 3 is 1.88 bits per heavy atom. The molecule has 0 N–H and O–H groups in total. The molecule has 1 aromatic rings. The van der Waals surface area contributed by atoms with Crippen LogP contribution in [0.3, 0.4) is 0 Å². The molecule has 138 valence electrons. The van der Waals surface area contributed by atoms with Crippen molar-refractivity contribution in [2.24, 2.45) is 0 Å². The predicted octanol–water partition coefficient (Wildman–Crippen LogP) is 4.17. The van der Waals surface area contributed by atoms with Gasteiger partial charge in [-0.05, 0) is 37.8 Å². The summed E-state index contributed by atoms with van der Waals surface area (Å²) < 4.78 is 27.9. The lowest BCUT2D eigenvalue weighted by Crippen LogP contribution is -2.18. The maximum atomic E-state index is 5.65. The fraction of sp³-hybridized carbons (Fsp3) is 0.684. The summed E-state index contributed by atoms with van der Waals surface area (Å²) in [5, 5.41) is 0. The summed E-state index contributed by atoms with van der Waals surface area (Å²) in [6.07, 6.45) is 1.40. The molecule has 0 saturated carbocycles. The predicted molar refractivity (Wildman–Crippen MR) is 95.5 cm³/mol. The molecule has 0 aliphatic carbocycles. The van der Waals surface area contributed by atoms with Crippen LogP contribution >= 0.6 is 0 Å². The van der Waals surface area contributed by atoms with Crippen LogP contribution in [0.25, 0.3) is 0 Å². The summed E-state index contributed by atoms with van der Waals surface area (Å²) in [4.78, 5) is 0. The molecule has 0 saturated heterocycles. The van der Waals surface area contributed by atoms with Crippen molar-refractivity contribution in [1.29, 1.82) is 0 Å². The van der Waals surface area contributed by atoms with Crippen LogP contribution in [0.4, 0.5) is 0 Å². The summed E-state index contributed by atoms with van der Waals surface area (Å²) in [6, 6.07) is 2.03. The smallest absolute Gasteiger partial charge is 0.203 e. The van der Waals surface area contributed by atoms with Gasteiger partial charge in [-0.15, -0.1) is 0 Å². The molecule has 1 aromatic carbocycles. The molecule has 0 heterocycles. The summed E-state index contributed by atoms with van der Waals surface area (Å²) >= 11 is 0. The Bertz CT molecular complexity index is 493. The highest BCUT2D eigenvalue weighted by Gasteiger charge is 2.23. The third-order valence-corrected chi connectivity index (χ3v) is 3.89. The lowest BCUT2D eigenvalue weighted by Gasteiger charge is -2.23. The number of aryl methyl sites for hydroxylation is 1. The van der Waals surface area contributed by atoms with Gasteiger partial charge in [-0.2, -0.15) is 0 Å². The Hall–Kier alpha value is -1.46. The molecule has 0 bridgehead atoms. The first-order valence-electron chi connectivity index (χ1n) is 8.58. The van der Waals surface area contributed by atoms with Gasteiger partial charge in [0.05, 0.1) is 21.3 Å². The van der Waals surface area contributed by atoms with Crippen LogP contribution in [-0.2, 0) is 15.9 Å². The number of benzene rings is 1. The van der Waals surface area contributed by atoms with Crippen LogP contribution in [0.1, 0.15) is 51.2 Å². The van der Waals surface area contributed by atoms with E-state index in [0.29, 0.717) is 30.6 Å². The fourth-order valence-corrected chi connectivity index (χ4v) is 2.93. The highest BCUT2D eigenvalue weighted by Crippen LogP contribution is 2.45. The quantitative estimate of drug-likeness (QED) is 0.566. The lowest BCUT2D eigenvalue weighted by atomic mass is 9.92. The Labute approximate surface area is 146 Å². The van der Waals surface area contributed by atoms with Gasteiger partial charge >= 0.3 is 0 Å². The second-order valence-electron chi connectivity index (χ2n) is 5.75. The first kappa shape index (κ1) is 20.6. The SMILES string of the molecule is CCOC(CCc1cc(OC)c(OC)c(OC)c1C(C)C)OCC. The van der Waals surface area contributed by atoms with Crippen LogP contribution in [0.15, 0.2) is 6.07 Å². The lowest BCUT2D eigenvalue weighted by molar-refractivity contribution is -0.139. The zero-order chi connectivity index (χ0) is 18.1. The Balaban J connectivity index is 3.20. The largest absolute Gasteiger partial charge is 0.493 e. The van der Waals surface area contributed by atoms with E-state index in [1.165, 1.54) is 5.56 Å². The van der Waals surface area contributed by atoms with Crippen LogP contribution in [0.5, 0.6) is 17.2 Å². The van der Waals surface area contributed by atoms with Gasteiger partial charge in [0.1, 0.15) is 0 Å². The second-order valence-corrected chi connectivity index (χ2v) is 5.75. The molecule has 0 aromatic heterocycles. The first-order valence-corrected chi connectivity index (χ1v) is 8.58. The van der Waals surface area contributed by atoms with Gasteiger partial charge in [-0.1, -0.05) is 13.8 Å². The van der Waals surface area contributed by atoms with Crippen LogP contribution in [0, 0.1) is 0 Å². The molecule has 0 spiro atoms. The first-order chi connectivity index (χ1) is 11.5. The molecule has 0 unspecified atom stereocenters. The number of hydrogen-bond donors (Lipinski definition) is 0. The van der Waals surface area contributed by atoms with Crippen LogP contribution in [0.2, 0.25) is 0 Å². The number of ether oxygens (including phenoxy) is 5. The van der Waals surface area contributed by atoms with E-state index in [-0.39, 0.29) is 6.29 Å². The van der Waals surface area contributed by atoms with Gasteiger partial charge in [-0.3, -0.25) is 0 Å². The minimum atomic E-state index is -0.195. The van der Waals surface area contributed by atoms with E-state index in [4.69, 9.17) is 23.7 Å². The van der Waals surface area contributed by atoms with Crippen molar-refractivity contribution in [1.82, 2.24) is 0 Å². The molecule has 0 amide bonds. The molecular formula is C19H32O5. The minimum absolute atomic E-state index is 0.195. The summed E-state index contributed by atoms with van der Waals surface area (Å²) in [5.41, 5.74) is 2.31. The summed E-state index contributed by atoms with van der Waals surface area (Å²) in [5.74, 6) is 2.36. The number of methoxy groups -OCH3 is 3. The standard InChI is InChI=1S/C19H32O5/c1-8-23-16(24-9-2)11-10-14-12-15(20-5)18(21-6)19(22-7)17(14)13(3)4/h12-13,16H,8-11H2,1-7H3. The van der Waals surface area contributed by atoms with E-state index < -0.39 is 0 Å². The van der Waals surface area contributed by atoms with E-state index in [2.05, 4.69) is 13.8 Å². The Morgan fingerprint density at radius 2 is 1.46 bits per heavy atom. The minimum Gasteiger partial charge on any atom is -0.493 e. The molecule has 5 heteroatoms. The van der Waals surface area contributed by atoms with Gasteiger partial charge in [0.15, 0.2) is 17.8 Å². The number of rotatable bonds is 11. The van der Waals surface area contributed by atoms with Crippen LogP contribution in [-0.4, -0.2) is 40.8 Å². The second kappa shape index (κ2) is 10.4. The third kappa shape index (κ3) is 5.02. The van der Waals surface area contributed by atoms with Crippen LogP contribution < -0.4 is 14.2 Å². The zero-order valence-electron chi connectivity index (χ0n) is 16.1. The molecule has 1 rings (SSSR count). The Kier molecular flexibility index (Phi) is 8.93. The monoisotopic (exact) mass is 340 g/mol. The van der Waals surface area contributed by atoms with E-state index >= 15 is 0 Å². The molecule has 0 aliphatic rings. The molecule has 0 fully saturated rings. The number of hydrogen-bond acceptors (Lipinski definition) is 5. The average molecular weight is 340 g/mol. The fourth-order valence-electron chi connectivity index (χ4n) is 2.93. The van der Waals surface area contributed by atoms with Gasteiger partial charge < -0.3 is 23.7 Å². The van der Waals surface area contributed by atoms with Crippen molar-refractivity contribution in [3.8, 4) is 17.2 Å². The molecule has 0 aliphatic heterocycles. The third-order valence-electron chi connectivity index (χ3n) is 3.89. The van der Waals surface area contributed by atoms with Gasteiger partial charge in [0.25, 0.3) is 0 Å². The molecular weight excluding hydrogens is 308 g/mol. The average Bonchev–Trinajstić information content (AvgIpc) is 2.57. The van der Waals surface area contributed by atoms with E-state index in [9.17, 15) is 0 Å². The van der Waals surface area contributed by atoms with Crippen molar-refractivity contribution in [2.45, 2.75) is 52.7 Å². The van der Waals surface area contributed by atoms with Crippen molar-refractivity contribution < 1.29 is 23.7 Å². The highest BCUT2D eigenvalue weighted by molar-refractivity contribution is 5.60. The van der Waals surface area contributed by atoms with E-state index in [1.54, 1.807) is 21.3 Å². The topological polar surface area (TPSA) is 46.2 Å². The van der Waals surface area contributed by atoms with Crippen molar-refractivity contribution >= 4 is 0 Å². The maximum absolute atomic E-state index is 5.65. The van der Waals surface area contributed by atoms with Crippen molar-refractivity contribution in [2.75, 3.05) is 34.5 Å². The molecule has 0 atom stereocenters. The zero-order valence-corrected chi connectivity index (χ0v) is 16.1. The van der Waals surface area contributed by atoms with Crippen molar-refractivity contribution in [3.05, 3.63) is 17.2 Å². The van der Waals surface area contributed by atoms with Gasteiger partial charge in [0.2, 0.25) is 5.75 Å². The van der Waals surface area contributed by atoms with Gasteiger partial charge in [-0.25, -0.2) is 0 Å². The highest BCUT2D eigenvalue weighted by atomic mass is 16.7. The van der Waals surface area contributed by atoms with E-state index in [0.717, 1.165) is 24.2 Å². The maximum Gasteiger partial charge on any atom is 0.203 e. The molecule has 24 heavy (non-hydrogen) atoms. The van der Waals surface area contributed by atoms with Crippen molar-refractivity contribution in [3.63, 3.8) is 0 Å². The normalized spacial score (nSPS) is 11.2. The summed E-state index contributed by atoms with van der Waals surface area (Å²) in [7, 11) is 4.93. The summed E-state index contributed by atoms with van der Waals surface area (Å²) in [6.45, 7) is 9.52. The molecule has 5 nitrogen and oxygen atoms in total. The van der Waals surface area contributed by atoms with Gasteiger partial charge in [0, 0.05) is 25.2 Å². The Morgan fingerprint density at radius 1 is 0.875 bits per heavy atom. The molecule has 0 radical (unpaired) electrons. The van der Waals surface area contributed by atoms with E-state index in [1.807, 2.05) is 19.9 Å².